The maximum absolute atomic E-state index is 12.6. The van der Waals surface area contributed by atoms with E-state index in [1.54, 1.807) is 12.1 Å². The lowest BCUT2D eigenvalue weighted by Crippen LogP contribution is -2.71. The molecule has 0 saturated heterocycles. The smallest absolute Gasteiger partial charge is 0.433 e. The van der Waals surface area contributed by atoms with E-state index in [1.165, 1.54) is 19.1 Å². The van der Waals surface area contributed by atoms with Crippen molar-refractivity contribution in [1.82, 2.24) is 0 Å². The van der Waals surface area contributed by atoms with Crippen LogP contribution < -0.4 is 5.32 Å². The normalized spacial score (nSPS) is 12.1. The van der Waals surface area contributed by atoms with Crippen molar-refractivity contribution in [1.29, 1.82) is 5.41 Å². The van der Waals surface area contributed by atoms with Crippen LogP contribution in [0.4, 0.5) is 18.9 Å². The summed E-state index contributed by atoms with van der Waals surface area (Å²) in [5.74, 6) is -1.40. The van der Waals surface area contributed by atoms with Crippen LogP contribution in [-0.4, -0.2) is 29.6 Å². The van der Waals surface area contributed by atoms with Crippen molar-refractivity contribution in [2.45, 2.75) is 13.1 Å². The third-order valence-electron chi connectivity index (χ3n) is 2.41. The molecule has 0 atom stereocenters. The van der Waals surface area contributed by atoms with Gasteiger partial charge in [-0.05, 0) is 13.0 Å². The topological polar surface area (TPSA) is 87.0 Å². The van der Waals surface area contributed by atoms with Gasteiger partial charge in [-0.3, -0.25) is 10.7 Å². The lowest BCUT2D eigenvalue weighted by atomic mass is 10.1. The van der Waals surface area contributed by atoms with Crippen molar-refractivity contribution in [2.75, 3.05) is 6.61 Å². The molecule has 4 N–H and O–H groups in total. The van der Waals surface area contributed by atoms with E-state index < -0.39 is 23.4 Å². The van der Waals surface area contributed by atoms with E-state index in [1.807, 2.05) is 0 Å². The average Bonchev–Trinajstić information content (AvgIpc) is 2.40. The predicted octanol–water partition coefficient (Wildman–Crippen LogP) is 1.62. The minimum Gasteiger partial charge on any atom is -0.503 e. The van der Waals surface area contributed by atoms with Crippen LogP contribution in [0.5, 0.6) is 5.75 Å². The van der Waals surface area contributed by atoms with Crippen molar-refractivity contribution in [3.05, 3.63) is 36.0 Å². The Labute approximate surface area is 118 Å². The van der Waals surface area contributed by atoms with Crippen molar-refractivity contribution in [2.24, 2.45) is 0 Å². The summed E-state index contributed by atoms with van der Waals surface area (Å²) in [6.07, 6.45) is -4.16. The van der Waals surface area contributed by atoms with Crippen molar-refractivity contribution in [3.63, 3.8) is 0 Å². The fourth-order valence-electron chi connectivity index (χ4n) is 1.42. The highest BCUT2D eigenvalue weighted by Crippen LogP contribution is 2.22. The van der Waals surface area contributed by atoms with E-state index in [-0.39, 0.29) is 18.0 Å². The zero-order valence-corrected chi connectivity index (χ0v) is 11.1. The van der Waals surface area contributed by atoms with Crippen molar-refractivity contribution in [3.8, 4) is 5.75 Å². The molecule has 0 fully saturated rings. The monoisotopic (exact) mass is 303 g/mol. The molecule has 8 heteroatoms. The van der Waals surface area contributed by atoms with Crippen LogP contribution in [0.15, 0.2) is 36.0 Å². The molecule has 0 aliphatic heterocycles. The second kappa shape index (κ2) is 6.89. The van der Waals surface area contributed by atoms with Gasteiger partial charge in [0.05, 0.1) is 6.61 Å². The molecule has 114 valence electrons. The number of halogens is 3. The fraction of sp³-hybridized carbons (Fsp3) is 0.231. The van der Waals surface area contributed by atoms with Gasteiger partial charge in [0, 0.05) is 6.07 Å². The Bertz CT molecular complexity index is 568. The summed E-state index contributed by atoms with van der Waals surface area (Å²) in [6.45, 7) is 1.33. The number of carbonyl (C=O) groups is 1. The first kappa shape index (κ1) is 16.7. The number of nitrogens with two attached hydrogens (primary N) is 1. The van der Waals surface area contributed by atoms with Gasteiger partial charge in [0.25, 0.3) is 0 Å². The summed E-state index contributed by atoms with van der Waals surface area (Å²) in [5, 5.41) is 17.7. The highest BCUT2D eigenvalue weighted by atomic mass is 19.4. The van der Waals surface area contributed by atoms with Crippen LogP contribution in [0.3, 0.4) is 0 Å². The van der Waals surface area contributed by atoms with Crippen LogP contribution in [0, 0.1) is 5.41 Å². The molecule has 1 rings (SSSR count). The molecule has 0 saturated carbocycles. The third kappa shape index (κ3) is 4.60. The standard InChI is InChI=1S/C13H13F3N2O3/c1-2-21-12(20)8(11(17)13(14,15)16)7-18-9-5-3-4-6-10(9)19/h3-7,17-19H,2H2,1H3/p+1/b8-7+,17-11?. The summed E-state index contributed by atoms with van der Waals surface area (Å²) < 4.78 is 42.2. The zero-order valence-electron chi connectivity index (χ0n) is 11.1. The maximum atomic E-state index is 12.6. The molecule has 5 nitrogen and oxygen atoms in total. The largest absolute Gasteiger partial charge is 0.503 e. The number of phenols is 1. The SMILES string of the molecule is CCOC(=O)/C(=C/[NH2+]c1ccccc1O)C(=N)C(F)(F)F. The van der Waals surface area contributed by atoms with Crippen molar-refractivity contribution < 1.29 is 33.1 Å². The minimum atomic E-state index is -4.97. The van der Waals surface area contributed by atoms with Crippen LogP contribution in [-0.2, 0) is 9.53 Å². The first-order valence-corrected chi connectivity index (χ1v) is 5.93. The second-order valence-corrected chi connectivity index (χ2v) is 3.90. The van der Waals surface area contributed by atoms with E-state index in [0.29, 0.717) is 0 Å². The fourth-order valence-corrected chi connectivity index (χ4v) is 1.42. The van der Waals surface area contributed by atoms with Crippen LogP contribution in [0.25, 0.3) is 0 Å². The molecule has 0 bridgehead atoms. The number of ether oxygens (including phenoxy) is 1. The maximum Gasteiger partial charge on any atom is 0.433 e. The van der Waals surface area contributed by atoms with Crippen molar-refractivity contribution >= 4 is 17.4 Å². The van der Waals surface area contributed by atoms with Gasteiger partial charge in [-0.15, -0.1) is 0 Å². The Morgan fingerprint density at radius 3 is 2.57 bits per heavy atom. The second-order valence-electron chi connectivity index (χ2n) is 3.90. The molecule has 1 aromatic rings. The Kier molecular flexibility index (Phi) is 5.48. The van der Waals surface area contributed by atoms with E-state index in [9.17, 15) is 23.1 Å². The highest BCUT2D eigenvalue weighted by molar-refractivity contribution is 6.20. The average molecular weight is 303 g/mol. The number of para-hydroxylation sites is 2. The van der Waals surface area contributed by atoms with Crippen LogP contribution >= 0.6 is 0 Å². The Balaban J connectivity index is 3.07. The number of nitrogens with one attached hydrogen (secondary N) is 1. The molecular formula is C13H14F3N2O3+. The number of esters is 1. The number of phenolic OH excluding ortho intramolecular Hbond substituents is 1. The van der Waals surface area contributed by atoms with Gasteiger partial charge in [-0.1, -0.05) is 12.1 Å². The number of quaternary nitrogens is 1. The lowest BCUT2D eigenvalue weighted by molar-refractivity contribution is -0.497. The molecule has 1 aromatic carbocycles. The summed E-state index contributed by atoms with van der Waals surface area (Å²) in [5.41, 5.74) is -2.51. The van der Waals surface area contributed by atoms with Gasteiger partial charge in [-0.25, -0.2) is 4.79 Å². The van der Waals surface area contributed by atoms with E-state index in [2.05, 4.69) is 4.74 Å². The zero-order chi connectivity index (χ0) is 16.0. The van der Waals surface area contributed by atoms with Gasteiger partial charge in [0.1, 0.15) is 11.8 Å². The molecule has 0 aliphatic carbocycles. The van der Waals surface area contributed by atoms with E-state index >= 15 is 0 Å². The number of hydrogen-bond donors (Lipinski definition) is 3. The Morgan fingerprint density at radius 1 is 1.43 bits per heavy atom. The number of rotatable bonds is 5. The molecule has 0 unspecified atom stereocenters. The molecular weight excluding hydrogens is 289 g/mol. The summed E-state index contributed by atoms with van der Waals surface area (Å²) in [6, 6.07) is 5.91. The van der Waals surface area contributed by atoms with Crippen LogP contribution in [0.2, 0.25) is 0 Å². The lowest BCUT2D eigenvalue weighted by Gasteiger charge is -2.10. The molecule has 0 spiro atoms. The molecule has 0 heterocycles. The highest BCUT2D eigenvalue weighted by Gasteiger charge is 2.40. The van der Waals surface area contributed by atoms with Gasteiger partial charge < -0.3 is 9.84 Å². The summed E-state index contributed by atoms with van der Waals surface area (Å²) in [7, 11) is 0. The summed E-state index contributed by atoms with van der Waals surface area (Å²) in [4.78, 5) is 11.5. The first-order valence-electron chi connectivity index (χ1n) is 5.93. The van der Waals surface area contributed by atoms with E-state index in [4.69, 9.17) is 5.41 Å². The summed E-state index contributed by atoms with van der Waals surface area (Å²) >= 11 is 0. The molecule has 0 radical (unpaired) electrons. The Morgan fingerprint density at radius 2 is 2.05 bits per heavy atom. The number of alkyl halides is 3. The number of benzene rings is 1. The molecule has 21 heavy (non-hydrogen) atoms. The van der Waals surface area contributed by atoms with Crippen LogP contribution in [0.1, 0.15) is 6.92 Å². The molecule has 0 aliphatic rings. The quantitative estimate of drug-likeness (QED) is 0.254. The van der Waals surface area contributed by atoms with E-state index in [0.717, 1.165) is 11.5 Å². The Hall–Kier alpha value is -2.35. The minimum absolute atomic E-state index is 0.113. The molecule has 0 amide bonds. The molecule has 0 aromatic heterocycles. The van der Waals surface area contributed by atoms with Gasteiger partial charge in [-0.2, -0.15) is 13.2 Å². The number of hydrogen-bond acceptors (Lipinski definition) is 4. The number of carbonyl (C=O) groups excluding carboxylic acids is 1. The first-order chi connectivity index (χ1) is 9.77. The number of aromatic hydroxyl groups is 1. The third-order valence-corrected chi connectivity index (χ3v) is 2.41. The van der Waals surface area contributed by atoms with Gasteiger partial charge in [0.2, 0.25) is 0 Å². The van der Waals surface area contributed by atoms with Gasteiger partial charge >= 0.3 is 12.1 Å². The van der Waals surface area contributed by atoms with Gasteiger partial charge in [0.15, 0.2) is 17.1 Å². The predicted molar refractivity (Wildman–Crippen MR) is 68.2 cm³/mol.